The summed E-state index contributed by atoms with van der Waals surface area (Å²) in [5.41, 5.74) is 0. The predicted molar refractivity (Wildman–Crippen MR) is 68.7 cm³/mol. The molecule has 0 heterocycles. The van der Waals surface area contributed by atoms with E-state index >= 15 is 0 Å². The Bertz CT molecular complexity index is 220. The Morgan fingerprint density at radius 3 is 1.78 bits per heavy atom. The van der Waals surface area contributed by atoms with Crippen molar-refractivity contribution in [3.63, 3.8) is 0 Å². The van der Waals surface area contributed by atoms with Crippen molar-refractivity contribution in [3.05, 3.63) is 0 Å². The van der Waals surface area contributed by atoms with Crippen molar-refractivity contribution >= 4 is 7.60 Å². The molecule has 0 aromatic carbocycles. The SMILES string of the molecule is CCOC(COCP(=O)(OCC)OCC)OCC. The van der Waals surface area contributed by atoms with Crippen molar-refractivity contribution in [3.8, 4) is 0 Å². The molecule has 0 rings (SSSR count). The molecule has 0 aliphatic rings. The molecule has 7 heteroatoms. The van der Waals surface area contributed by atoms with E-state index in [2.05, 4.69) is 0 Å². The standard InChI is InChI=1S/C11H25O6P/c1-5-14-11(15-6-2)9-13-10-18(12,16-7-3)17-8-4/h11H,5-10H2,1-4H3. The van der Waals surface area contributed by atoms with Crippen LogP contribution in [-0.4, -0.2) is 45.7 Å². The smallest absolute Gasteiger partial charge is 0.356 e. The molecule has 110 valence electrons. The molecule has 0 spiro atoms. The Kier molecular flexibility index (Phi) is 10.9. The van der Waals surface area contributed by atoms with Crippen LogP contribution < -0.4 is 0 Å². The van der Waals surface area contributed by atoms with Crippen LogP contribution in [0.2, 0.25) is 0 Å². The van der Waals surface area contributed by atoms with E-state index in [9.17, 15) is 4.57 Å². The van der Waals surface area contributed by atoms with E-state index in [1.165, 1.54) is 0 Å². The highest BCUT2D eigenvalue weighted by Crippen LogP contribution is 2.47. The van der Waals surface area contributed by atoms with Crippen LogP contribution in [0.3, 0.4) is 0 Å². The van der Waals surface area contributed by atoms with E-state index in [4.69, 9.17) is 23.3 Å². The molecule has 0 fully saturated rings. The second kappa shape index (κ2) is 10.9. The van der Waals surface area contributed by atoms with Crippen LogP contribution in [0.1, 0.15) is 27.7 Å². The molecule has 0 N–H and O–H groups in total. The molecule has 0 unspecified atom stereocenters. The molecular weight excluding hydrogens is 259 g/mol. The van der Waals surface area contributed by atoms with Crippen LogP contribution in [0.5, 0.6) is 0 Å². The zero-order chi connectivity index (χ0) is 13.9. The van der Waals surface area contributed by atoms with Crippen LogP contribution in [0.15, 0.2) is 0 Å². The van der Waals surface area contributed by atoms with Gasteiger partial charge in [0.2, 0.25) is 0 Å². The third kappa shape index (κ3) is 8.19. The topological polar surface area (TPSA) is 63.2 Å². The molecule has 0 atom stereocenters. The highest BCUT2D eigenvalue weighted by molar-refractivity contribution is 7.53. The Hall–Kier alpha value is 0.0300. The second-order valence-electron chi connectivity index (χ2n) is 3.29. The van der Waals surface area contributed by atoms with Crippen LogP contribution in [0.4, 0.5) is 0 Å². The normalized spacial score (nSPS) is 12.3. The summed E-state index contributed by atoms with van der Waals surface area (Å²) in [5, 5.41) is 0. The summed E-state index contributed by atoms with van der Waals surface area (Å²) < 4.78 is 38.2. The quantitative estimate of drug-likeness (QED) is 0.405. The minimum Gasteiger partial charge on any atom is -0.364 e. The van der Waals surface area contributed by atoms with Gasteiger partial charge in [-0.2, -0.15) is 0 Å². The van der Waals surface area contributed by atoms with Gasteiger partial charge >= 0.3 is 7.60 Å². The summed E-state index contributed by atoms with van der Waals surface area (Å²) in [5.74, 6) is 0. The highest BCUT2D eigenvalue weighted by atomic mass is 31.2. The number of hydrogen-bond acceptors (Lipinski definition) is 6. The third-order valence-corrected chi connectivity index (χ3v) is 3.66. The predicted octanol–water partition coefficient (Wildman–Crippen LogP) is 2.63. The van der Waals surface area contributed by atoms with Gasteiger partial charge in [0.15, 0.2) is 6.29 Å². The van der Waals surface area contributed by atoms with Gasteiger partial charge in [0.25, 0.3) is 0 Å². The van der Waals surface area contributed by atoms with Crippen molar-refractivity contribution in [2.24, 2.45) is 0 Å². The zero-order valence-corrected chi connectivity index (χ0v) is 12.6. The van der Waals surface area contributed by atoms with E-state index in [0.29, 0.717) is 26.4 Å². The first-order chi connectivity index (χ1) is 8.61. The minimum atomic E-state index is -3.15. The minimum absolute atomic E-state index is 0.0919. The van der Waals surface area contributed by atoms with Gasteiger partial charge in [-0.1, -0.05) is 0 Å². The first-order valence-electron chi connectivity index (χ1n) is 6.30. The van der Waals surface area contributed by atoms with E-state index in [1.54, 1.807) is 13.8 Å². The maximum Gasteiger partial charge on any atom is 0.356 e. The summed E-state index contributed by atoms with van der Waals surface area (Å²) >= 11 is 0. The van der Waals surface area contributed by atoms with Crippen molar-refractivity contribution < 1.29 is 27.8 Å². The Morgan fingerprint density at radius 1 is 0.889 bits per heavy atom. The average molecular weight is 284 g/mol. The van der Waals surface area contributed by atoms with E-state index in [1.807, 2.05) is 13.8 Å². The molecule has 0 aliphatic carbocycles. The Labute approximate surface area is 109 Å². The fourth-order valence-electron chi connectivity index (χ4n) is 1.28. The monoisotopic (exact) mass is 284 g/mol. The number of hydrogen-bond donors (Lipinski definition) is 0. The first kappa shape index (κ1) is 18.0. The van der Waals surface area contributed by atoms with Crippen molar-refractivity contribution in [1.82, 2.24) is 0 Å². The van der Waals surface area contributed by atoms with Gasteiger partial charge in [0.1, 0.15) is 6.35 Å². The van der Waals surface area contributed by atoms with Crippen LogP contribution in [-0.2, 0) is 27.8 Å². The summed E-state index contributed by atoms with van der Waals surface area (Å²) in [7, 11) is -3.15. The molecule has 0 radical (unpaired) electrons. The molecule has 0 bridgehead atoms. The lowest BCUT2D eigenvalue weighted by Crippen LogP contribution is -2.24. The molecule has 0 saturated carbocycles. The van der Waals surface area contributed by atoms with Crippen LogP contribution >= 0.6 is 7.60 Å². The fraction of sp³-hybridized carbons (Fsp3) is 1.00. The Balaban J connectivity index is 4.06. The third-order valence-electron chi connectivity index (χ3n) is 1.86. The van der Waals surface area contributed by atoms with Gasteiger partial charge in [-0.15, -0.1) is 0 Å². The lowest BCUT2D eigenvalue weighted by Gasteiger charge is -2.20. The fourth-order valence-corrected chi connectivity index (χ4v) is 2.62. The highest BCUT2D eigenvalue weighted by Gasteiger charge is 2.24. The summed E-state index contributed by atoms with van der Waals surface area (Å²) in [6.07, 6.45) is -0.539. The van der Waals surface area contributed by atoms with Gasteiger partial charge in [0.05, 0.1) is 19.8 Å². The van der Waals surface area contributed by atoms with Crippen molar-refractivity contribution in [2.75, 3.05) is 39.4 Å². The summed E-state index contributed by atoms with van der Waals surface area (Å²) in [6, 6.07) is 0. The summed E-state index contributed by atoms with van der Waals surface area (Å²) in [4.78, 5) is 0. The van der Waals surface area contributed by atoms with Gasteiger partial charge in [0, 0.05) is 13.2 Å². The molecule has 6 nitrogen and oxygen atoms in total. The largest absolute Gasteiger partial charge is 0.364 e. The number of ether oxygens (including phenoxy) is 3. The van der Waals surface area contributed by atoms with Gasteiger partial charge in [-0.3, -0.25) is 4.57 Å². The number of rotatable bonds is 12. The average Bonchev–Trinajstić information content (AvgIpc) is 2.30. The molecule has 0 amide bonds. The Morgan fingerprint density at radius 2 is 1.39 bits per heavy atom. The van der Waals surface area contributed by atoms with Gasteiger partial charge < -0.3 is 23.3 Å². The second-order valence-corrected chi connectivity index (χ2v) is 5.28. The van der Waals surface area contributed by atoms with E-state index < -0.39 is 13.9 Å². The van der Waals surface area contributed by atoms with Gasteiger partial charge in [-0.25, -0.2) is 0 Å². The lowest BCUT2D eigenvalue weighted by molar-refractivity contribution is -0.164. The maximum atomic E-state index is 12.1. The first-order valence-corrected chi connectivity index (χ1v) is 8.03. The lowest BCUT2D eigenvalue weighted by atomic mass is 10.6. The van der Waals surface area contributed by atoms with Crippen LogP contribution in [0.25, 0.3) is 0 Å². The molecule has 0 aromatic rings. The molecule has 0 aromatic heterocycles. The van der Waals surface area contributed by atoms with Crippen molar-refractivity contribution in [2.45, 2.75) is 34.0 Å². The van der Waals surface area contributed by atoms with Crippen LogP contribution in [0, 0.1) is 0 Å². The van der Waals surface area contributed by atoms with Gasteiger partial charge in [-0.05, 0) is 27.7 Å². The van der Waals surface area contributed by atoms with E-state index in [0.717, 1.165) is 0 Å². The summed E-state index contributed by atoms with van der Waals surface area (Å²) in [6.45, 7) is 9.16. The molecular formula is C11H25O6P. The molecule has 18 heavy (non-hydrogen) atoms. The van der Waals surface area contributed by atoms with E-state index in [-0.39, 0.29) is 13.0 Å². The zero-order valence-electron chi connectivity index (χ0n) is 11.7. The van der Waals surface area contributed by atoms with Crippen molar-refractivity contribution in [1.29, 1.82) is 0 Å². The molecule has 0 aliphatic heterocycles. The molecule has 0 saturated heterocycles. The maximum absolute atomic E-state index is 12.1.